The van der Waals surface area contributed by atoms with E-state index in [2.05, 4.69) is 11.1 Å². The smallest absolute Gasteiger partial charge is 0.344 e. The minimum atomic E-state index is -4.32. The first kappa shape index (κ1) is 24.1. The summed E-state index contributed by atoms with van der Waals surface area (Å²) in [6, 6.07) is 0. The van der Waals surface area contributed by atoms with Gasteiger partial charge in [-0.2, -0.15) is 8.42 Å². The second kappa shape index (κ2) is 14.4. The van der Waals surface area contributed by atoms with Crippen molar-refractivity contribution in [1.82, 2.24) is 6.15 Å². The molecule has 22 heavy (non-hydrogen) atoms. The van der Waals surface area contributed by atoms with Gasteiger partial charge in [0, 0.05) is 0 Å². The normalized spacial score (nSPS) is 14.4. The Morgan fingerprint density at radius 3 is 1.68 bits per heavy atom. The van der Waals surface area contributed by atoms with E-state index in [1.807, 2.05) is 6.92 Å². The molecule has 2 unspecified atom stereocenters. The number of hydrogen-bond donors (Lipinski definition) is 2. The van der Waals surface area contributed by atoms with Crippen LogP contribution in [0.4, 0.5) is 0 Å². The maximum atomic E-state index is 10.6. The number of hydrogen-bond acceptors (Lipinski definition) is 4. The van der Waals surface area contributed by atoms with E-state index in [1.165, 1.54) is 57.8 Å². The molecule has 0 fully saturated rings. The minimum Gasteiger partial charge on any atom is -0.344 e. The number of rotatable bonds is 14. The molecule has 0 bridgehead atoms. The highest BCUT2D eigenvalue weighted by molar-refractivity contribution is 7.80. The van der Waals surface area contributed by atoms with Gasteiger partial charge < -0.3 is 6.15 Å². The molecule has 0 aliphatic rings. The standard InChI is InChI=1S/C16H34O4S.H3N/c1-4-5-6-7-8-9-10-11-12-13-14-15(2)16(3)20-21(17,18)19;/h15-16H,4-14H2,1-3H3,(H,17,18,19);1H3. The predicted octanol–water partition coefficient (Wildman–Crippen LogP) is 5.30. The van der Waals surface area contributed by atoms with Crippen molar-refractivity contribution in [2.45, 2.75) is 97.5 Å². The van der Waals surface area contributed by atoms with Gasteiger partial charge >= 0.3 is 10.4 Å². The van der Waals surface area contributed by atoms with Crippen LogP contribution in [0.5, 0.6) is 0 Å². The summed E-state index contributed by atoms with van der Waals surface area (Å²) in [4.78, 5) is 0. The molecule has 6 heteroatoms. The lowest BCUT2D eigenvalue weighted by atomic mass is 9.97. The minimum absolute atomic E-state index is 0. The highest BCUT2D eigenvalue weighted by Crippen LogP contribution is 2.18. The average molecular weight is 340 g/mol. The summed E-state index contributed by atoms with van der Waals surface area (Å²) < 4.78 is 34.4. The highest BCUT2D eigenvalue weighted by Gasteiger charge is 2.18. The van der Waals surface area contributed by atoms with E-state index in [0.29, 0.717) is 0 Å². The first-order valence-corrected chi connectivity index (χ1v) is 9.89. The molecular weight excluding hydrogens is 302 g/mol. The molecular formula is C16H37NO4S. The van der Waals surface area contributed by atoms with E-state index >= 15 is 0 Å². The Hall–Kier alpha value is -0.170. The van der Waals surface area contributed by atoms with Gasteiger partial charge in [0.05, 0.1) is 6.10 Å². The van der Waals surface area contributed by atoms with Gasteiger partial charge in [0.15, 0.2) is 0 Å². The summed E-state index contributed by atoms with van der Waals surface area (Å²) in [5, 5.41) is 0. The molecule has 0 rings (SSSR count). The fraction of sp³-hybridized carbons (Fsp3) is 1.00. The lowest BCUT2D eigenvalue weighted by Crippen LogP contribution is -2.21. The summed E-state index contributed by atoms with van der Waals surface area (Å²) in [7, 11) is -4.32. The lowest BCUT2D eigenvalue weighted by molar-refractivity contribution is 0.140. The van der Waals surface area contributed by atoms with Crippen molar-refractivity contribution in [1.29, 1.82) is 0 Å². The van der Waals surface area contributed by atoms with Crippen LogP contribution in [0.1, 0.15) is 91.4 Å². The van der Waals surface area contributed by atoms with Crippen LogP contribution < -0.4 is 6.15 Å². The van der Waals surface area contributed by atoms with Gasteiger partial charge in [-0.15, -0.1) is 0 Å². The van der Waals surface area contributed by atoms with E-state index in [4.69, 9.17) is 4.55 Å². The van der Waals surface area contributed by atoms with Crippen LogP contribution in [0.2, 0.25) is 0 Å². The van der Waals surface area contributed by atoms with Gasteiger partial charge in [-0.1, -0.05) is 78.1 Å². The average Bonchev–Trinajstić information content (AvgIpc) is 2.38. The molecule has 0 saturated heterocycles. The van der Waals surface area contributed by atoms with Crippen molar-refractivity contribution in [3.05, 3.63) is 0 Å². The van der Waals surface area contributed by atoms with Gasteiger partial charge in [-0.3, -0.25) is 4.55 Å². The molecule has 0 spiro atoms. The molecule has 0 radical (unpaired) electrons. The largest absolute Gasteiger partial charge is 0.397 e. The second-order valence-electron chi connectivity index (χ2n) is 6.18. The Balaban J connectivity index is 0. The van der Waals surface area contributed by atoms with Crippen LogP contribution in [0.3, 0.4) is 0 Å². The van der Waals surface area contributed by atoms with Crippen molar-refractivity contribution in [2.75, 3.05) is 0 Å². The van der Waals surface area contributed by atoms with Crippen molar-refractivity contribution < 1.29 is 17.2 Å². The Bertz CT molecular complexity index is 333. The summed E-state index contributed by atoms with van der Waals surface area (Å²) in [5.41, 5.74) is 0. The third-order valence-electron chi connectivity index (χ3n) is 4.09. The summed E-state index contributed by atoms with van der Waals surface area (Å²) in [6.45, 7) is 5.89. The zero-order chi connectivity index (χ0) is 16.1. The highest BCUT2D eigenvalue weighted by atomic mass is 32.3. The van der Waals surface area contributed by atoms with Crippen LogP contribution >= 0.6 is 0 Å². The monoisotopic (exact) mass is 339 g/mol. The molecule has 0 amide bonds. The van der Waals surface area contributed by atoms with Crippen molar-refractivity contribution in [3.8, 4) is 0 Å². The first-order chi connectivity index (χ1) is 9.87. The van der Waals surface area contributed by atoms with Gasteiger partial charge in [0.1, 0.15) is 0 Å². The van der Waals surface area contributed by atoms with Crippen LogP contribution in [-0.4, -0.2) is 19.1 Å². The predicted molar refractivity (Wildman–Crippen MR) is 92.7 cm³/mol. The molecule has 4 N–H and O–H groups in total. The molecule has 0 aliphatic carbocycles. The SMILES string of the molecule is CCCCCCCCCCCCC(C)C(C)OS(=O)(=O)O.N. The van der Waals surface area contributed by atoms with E-state index in [0.717, 1.165) is 12.8 Å². The maximum Gasteiger partial charge on any atom is 0.397 e. The quantitative estimate of drug-likeness (QED) is 0.330. The molecule has 5 nitrogen and oxygen atoms in total. The van der Waals surface area contributed by atoms with Crippen LogP contribution in [0.25, 0.3) is 0 Å². The Labute approximate surface area is 137 Å². The third-order valence-corrected chi connectivity index (χ3v) is 4.63. The summed E-state index contributed by atoms with van der Waals surface area (Å²) in [5.74, 6) is 0.140. The van der Waals surface area contributed by atoms with Crippen LogP contribution in [0, 0.1) is 5.92 Å². The maximum absolute atomic E-state index is 10.6. The molecule has 2 atom stereocenters. The van der Waals surface area contributed by atoms with Gasteiger partial charge in [-0.05, 0) is 19.3 Å². The molecule has 136 valence electrons. The molecule has 0 aromatic rings. The Morgan fingerprint density at radius 2 is 1.27 bits per heavy atom. The van der Waals surface area contributed by atoms with Crippen LogP contribution in [-0.2, 0) is 14.6 Å². The number of unbranched alkanes of at least 4 members (excludes halogenated alkanes) is 9. The Kier molecular flexibility index (Phi) is 15.8. The first-order valence-electron chi connectivity index (χ1n) is 8.52. The second-order valence-corrected chi connectivity index (χ2v) is 7.22. The zero-order valence-corrected chi connectivity index (χ0v) is 15.5. The molecule has 0 saturated carbocycles. The molecule has 0 aromatic carbocycles. The molecule has 0 aliphatic heterocycles. The zero-order valence-electron chi connectivity index (χ0n) is 14.7. The summed E-state index contributed by atoms with van der Waals surface area (Å²) in [6.07, 6.45) is 13.4. The lowest BCUT2D eigenvalue weighted by Gasteiger charge is -2.18. The van der Waals surface area contributed by atoms with Crippen molar-refractivity contribution in [2.24, 2.45) is 5.92 Å². The summed E-state index contributed by atoms with van der Waals surface area (Å²) >= 11 is 0. The van der Waals surface area contributed by atoms with E-state index in [9.17, 15) is 8.42 Å². The topological polar surface area (TPSA) is 98.6 Å². The van der Waals surface area contributed by atoms with Gasteiger partial charge in [0.25, 0.3) is 0 Å². The fourth-order valence-electron chi connectivity index (χ4n) is 2.48. The Morgan fingerprint density at radius 1 is 0.864 bits per heavy atom. The van der Waals surface area contributed by atoms with Gasteiger partial charge in [0.2, 0.25) is 0 Å². The molecule has 0 heterocycles. The van der Waals surface area contributed by atoms with E-state index < -0.39 is 16.5 Å². The van der Waals surface area contributed by atoms with Gasteiger partial charge in [-0.25, -0.2) is 4.18 Å². The van der Waals surface area contributed by atoms with Crippen molar-refractivity contribution in [3.63, 3.8) is 0 Å². The van der Waals surface area contributed by atoms with Crippen molar-refractivity contribution >= 4 is 10.4 Å². The van der Waals surface area contributed by atoms with E-state index in [-0.39, 0.29) is 12.1 Å². The molecule has 0 aromatic heterocycles. The third kappa shape index (κ3) is 16.2. The van der Waals surface area contributed by atoms with Crippen LogP contribution in [0.15, 0.2) is 0 Å². The van der Waals surface area contributed by atoms with E-state index in [1.54, 1.807) is 6.92 Å². The fourth-order valence-corrected chi connectivity index (χ4v) is 3.05.